The lowest BCUT2D eigenvalue weighted by atomic mass is 10.1. The van der Waals surface area contributed by atoms with Crippen LogP contribution in [0.25, 0.3) is 21.9 Å². The van der Waals surface area contributed by atoms with E-state index in [1.807, 2.05) is 56.3 Å². The van der Waals surface area contributed by atoms with E-state index in [9.17, 15) is 9.59 Å². The first kappa shape index (κ1) is 16.1. The van der Waals surface area contributed by atoms with E-state index in [2.05, 4.69) is 10.3 Å². The molecule has 130 valence electrons. The Bertz CT molecular complexity index is 1100. The zero-order valence-corrected chi connectivity index (χ0v) is 14.5. The van der Waals surface area contributed by atoms with Crippen LogP contribution < -0.4 is 5.32 Å². The normalized spacial score (nSPS) is 11.3. The molecule has 0 spiro atoms. The van der Waals surface area contributed by atoms with Gasteiger partial charge in [0, 0.05) is 27.9 Å². The molecule has 0 fully saturated rings. The molecule has 0 aliphatic heterocycles. The number of aromatic amines is 1. The predicted octanol–water partition coefficient (Wildman–Crippen LogP) is 5.01. The predicted molar refractivity (Wildman–Crippen MR) is 102 cm³/mol. The lowest BCUT2D eigenvalue weighted by molar-refractivity contribution is 0.0934. The summed E-state index contributed by atoms with van der Waals surface area (Å²) in [5.41, 5.74) is 2.76. The zero-order chi connectivity index (χ0) is 18.3. The van der Waals surface area contributed by atoms with Gasteiger partial charge in [-0.25, -0.2) is 0 Å². The molecule has 2 heterocycles. The minimum absolute atomic E-state index is 0.0639. The number of anilines is 1. The first-order valence-electron chi connectivity index (χ1n) is 8.48. The summed E-state index contributed by atoms with van der Waals surface area (Å²) in [4.78, 5) is 27.7. The highest BCUT2D eigenvalue weighted by atomic mass is 16.3. The number of furan rings is 1. The summed E-state index contributed by atoms with van der Waals surface area (Å²) < 4.78 is 5.59. The number of Topliss-reactive ketones (excluding diaryl/α,β-unsaturated/α-hetero) is 1. The maximum atomic E-state index is 12.5. The molecule has 5 nitrogen and oxygen atoms in total. The quantitative estimate of drug-likeness (QED) is 0.510. The van der Waals surface area contributed by atoms with Crippen molar-refractivity contribution in [3.05, 3.63) is 66.1 Å². The van der Waals surface area contributed by atoms with Gasteiger partial charge in [-0.2, -0.15) is 0 Å². The summed E-state index contributed by atoms with van der Waals surface area (Å²) in [5, 5.41) is 4.60. The number of benzene rings is 2. The molecule has 0 unspecified atom stereocenters. The van der Waals surface area contributed by atoms with Gasteiger partial charge in [0.05, 0.1) is 5.69 Å². The molecule has 0 saturated heterocycles. The Labute approximate surface area is 150 Å². The molecule has 1 amide bonds. The summed E-state index contributed by atoms with van der Waals surface area (Å²) >= 11 is 0. The fraction of sp³-hybridized carbons (Fsp3) is 0.143. The number of amides is 1. The second-order valence-corrected chi connectivity index (χ2v) is 6.61. The Morgan fingerprint density at radius 1 is 1.00 bits per heavy atom. The molecular weight excluding hydrogens is 328 g/mol. The Morgan fingerprint density at radius 3 is 2.58 bits per heavy atom. The molecule has 2 aromatic heterocycles. The van der Waals surface area contributed by atoms with Crippen LogP contribution >= 0.6 is 0 Å². The summed E-state index contributed by atoms with van der Waals surface area (Å²) in [7, 11) is 0. The highest BCUT2D eigenvalue weighted by molar-refractivity contribution is 6.06. The van der Waals surface area contributed by atoms with Gasteiger partial charge in [0.2, 0.25) is 0 Å². The Kier molecular flexibility index (Phi) is 3.84. The highest BCUT2D eigenvalue weighted by Crippen LogP contribution is 2.23. The zero-order valence-electron chi connectivity index (χ0n) is 14.5. The van der Waals surface area contributed by atoms with Crippen molar-refractivity contribution in [2.45, 2.75) is 13.8 Å². The fourth-order valence-corrected chi connectivity index (χ4v) is 2.94. The van der Waals surface area contributed by atoms with Crippen LogP contribution in [0.1, 0.15) is 34.9 Å². The average Bonchev–Trinajstić information content (AvgIpc) is 3.24. The second-order valence-electron chi connectivity index (χ2n) is 6.61. The van der Waals surface area contributed by atoms with Crippen molar-refractivity contribution in [1.82, 2.24) is 4.98 Å². The maximum absolute atomic E-state index is 12.5. The molecule has 4 rings (SSSR count). The van der Waals surface area contributed by atoms with Crippen LogP contribution in [0.15, 0.2) is 59.0 Å². The van der Waals surface area contributed by atoms with Crippen LogP contribution in [-0.4, -0.2) is 16.7 Å². The van der Waals surface area contributed by atoms with Crippen molar-refractivity contribution in [1.29, 1.82) is 0 Å². The lowest BCUT2D eigenvalue weighted by Crippen LogP contribution is -2.10. The number of aromatic nitrogens is 1. The summed E-state index contributed by atoms with van der Waals surface area (Å²) in [6, 6.07) is 16.5. The molecule has 4 aromatic rings. The topological polar surface area (TPSA) is 75.1 Å². The number of H-pyrrole nitrogens is 1. The molecule has 2 N–H and O–H groups in total. The molecule has 5 heteroatoms. The van der Waals surface area contributed by atoms with Crippen LogP contribution in [0.2, 0.25) is 0 Å². The highest BCUT2D eigenvalue weighted by Gasteiger charge is 2.15. The van der Waals surface area contributed by atoms with Crippen molar-refractivity contribution in [2.75, 3.05) is 5.32 Å². The molecule has 0 saturated carbocycles. The van der Waals surface area contributed by atoms with Crippen LogP contribution in [0, 0.1) is 5.92 Å². The van der Waals surface area contributed by atoms with Crippen LogP contribution in [-0.2, 0) is 0 Å². The number of para-hydroxylation sites is 1. The van der Waals surface area contributed by atoms with E-state index in [1.165, 1.54) is 0 Å². The third-order valence-electron chi connectivity index (χ3n) is 4.32. The van der Waals surface area contributed by atoms with Gasteiger partial charge in [0.1, 0.15) is 5.58 Å². The van der Waals surface area contributed by atoms with E-state index in [0.717, 1.165) is 16.3 Å². The summed E-state index contributed by atoms with van der Waals surface area (Å²) in [6.45, 7) is 3.74. The number of hydrogen-bond acceptors (Lipinski definition) is 3. The molecule has 0 radical (unpaired) electrons. The van der Waals surface area contributed by atoms with Crippen molar-refractivity contribution in [3.8, 4) is 0 Å². The minimum Gasteiger partial charge on any atom is -0.451 e. The first-order valence-corrected chi connectivity index (χ1v) is 8.48. The SMILES string of the molecule is CC(C)C(=O)c1cc2cc(NC(=O)c3cc4ccccc4o3)ccc2[nH]1. The monoisotopic (exact) mass is 346 g/mol. The van der Waals surface area contributed by atoms with Crippen molar-refractivity contribution in [2.24, 2.45) is 5.92 Å². The Hall–Kier alpha value is -3.34. The van der Waals surface area contributed by atoms with Gasteiger partial charge in [0.25, 0.3) is 5.91 Å². The van der Waals surface area contributed by atoms with Gasteiger partial charge in [-0.1, -0.05) is 32.0 Å². The first-order chi connectivity index (χ1) is 12.5. The van der Waals surface area contributed by atoms with Gasteiger partial charge in [-0.15, -0.1) is 0 Å². The molecule has 0 atom stereocenters. The fourth-order valence-electron chi connectivity index (χ4n) is 2.94. The number of fused-ring (bicyclic) bond motifs is 2. The summed E-state index contributed by atoms with van der Waals surface area (Å²) in [5.74, 6) is -0.0602. The van der Waals surface area contributed by atoms with E-state index in [-0.39, 0.29) is 23.4 Å². The van der Waals surface area contributed by atoms with E-state index >= 15 is 0 Å². The molecule has 0 aliphatic rings. The Morgan fingerprint density at radius 2 is 1.81 bits per heavy atom. The average molecular weight is 346 g/mol. The number of rotatable bonds is 4. The van der Waals surface area contributed by atoms with E-state index < -0.39 is 0 Å². The smallest absolute Gasteiger partial charge is 0.291 e. The van der Waals surface area contributed by atoms with E-state index in [1.54, 1.807) is 12.1 Å². The molecule has 26 heavy (non-hydrogen) atoms. The molecule has 0 bridgehead atoms. The van der Waals surface area contributed by atoms with Gasteiger partial charge in [-0.3, -0.25) is 9.59 Å². The standard InChI is InChI=1S/C21H18N2O3/c1-12(2)20(24)17-10-14-9-15(7-8-16(14)23-17)22-21(25)19-11-13-5-3-4-6-18(13)26-19/h3-12,23H,1-2H3,(H,22,25). The van der Waals surface area contributed by atoms with Crippen LogP contribution in [0.3, 0.4) is 0 Å². The van der Waals surface area contributed by atoms with Gasteiger partial charge in [-0.05, 0) is 36.4 Å². The minimum atomic E-state index is -0.311. The van der Waals surface area contributed by atoms with E-state index in [0.29, 0.717) is 17.0 Å². The third kappa shape index (κ3) is 2.88. The largest absolute Gasteiger partial charge is 0.451 e. The van der Waals surface area contributed by atoms with Crippen molar-refractivity contribution in [3.63, 3.8) is 0 Å². The van der Waals surface area contributed by atoms with Gasteiger partial charge < -0.3 is 14.7 Å². The number of carbonyl (C=O) groups is 2. The maximum Gasteiger partial charge on any atom is 0.291 e. The summed E-state index contributed by atoms with van der Waals surface area (Å²) in [6.07, 6.45) is 0. The van der Waals surface area contributed by atoms with Crippen molar-refractivity contribution < 1.29 is 14.0 Å². The van der Waals surface area contributed by atoms with E-state index in [4.69, 9.17) is 4.42 Å². The van der Waals surface area contributed by atoms with Crippen molar-refractivity contribution >= 4 is 39.2 Å². The Balaban J connectivity index is 1.60. The van der Waals surface area contributed by atoms with Gasteiger partial charge in [0.15, 0.2) is 11.5 Å². The number of ketones is 1. The third-order valence-corrected chi connectivity index (χ3v) is 4.32. The molecule has 0 aliphatic carbocycles. The van der Waals surface area contributed by atoms with Crippen LogP contribution in [0.4, 0.5) is 5.69 Å². The second kappa shape index (κ2) is 6.19. The van der Waals surface area contributed by atoms with Gasteiger partial charge >= 0.3 is 0 Å². The molecule has 2 aromatic carbocycles. The lowest BCUT2D eigenvalue weighted by Gasteiger charge is -2.03. The number of nitrogens with one attached hydrogen (secondary N) is 2. The number of hydrogen-bond donors (Lipinski definition) is 2. The van der Waals surface area contributed by atoms with Crippen LogP contribution in [0.5, 0.6) is 0 Å². The molecular formula is C21H18N2O3. The number of carbonyl (C=O) groups excluding carboxylic acids is 2.